The molecule has 1 aliphatic rings. The summed E-state index contributed by atoms with van der Waals surface area (Å²) in [6.07, 6.45) is 0. The van der Waals surface area contributed by atoms with Gasteiger partial charge >= 0.3 is 0 Å². The van der Waals surface area contributed by atoms with Crippen LogP contribution < -0.4 is 20.7 Å². The summed E-state index contributed by atoms with van der Waals surface area (Å²) in [6, 6.07) is 19.9. The van der Waals surface area contributed by atoms with E-state index >= 15 is 0 Å². The summed E-state index contributed by atoms with van der Waals surface area (Å²) in [6.45, 7) is 8.50. The van der Waals surface area contributed by atoms with E-state index in [9.17, 15) is 9.59 Å². The van der Waals surface area contributed by atoms with E-state index in [4.69, 9.17) is 22.1 Å². The van der Waals surface area contributed by atoms with Gasteiger partial charge in [-0.05, 0) is 69.7 Å². The van der Waals surface area contributed by atoms with Crippen molar-refractivity contribution in [2.24, 2.45) is 5.73 Å². The van der Waals surface area contributed by atoms with Gasteiger partial charge in [-0.25, -0.2) is 0 Å². The first-order valence-electron chi connectivity index (χ1n) is 11.6. The van der Waals surface area contributed by atoms with Crippen LogP contribution in [0.25, 0.3) is 0 Å². The molecule has 0 saturated carbocycles. The lowest BCUT2D eigenvalue weighted by molar-refractivity contribution is -0.121. The van der Waals surface area contributed by atoms with E-state index in [0.717, 1.165) is 5.56 Å². The number of fused-ring (bicyclic) bond motifs is 1. The number of carbonyl (C=O) groups excluding carboxylic acids is 2. The number of ether oxygens (including phenoxy) is 1. The Hall–Kier alpha value is -3.35. The molecule has 1 unspecified atom stereocenters. The molecule has 0 aromatic heterocycles. The third kappa shape index (κ3) is 4.77. The Balaban J connectivity index is 1.70. The van der Waals surface area contributed by atoms with Gasteiger partial charge in [-0.2, -0.15) is 0 Å². The van der Waals surface area contributed by atoms with E-state index in [-0.39, 0.29) is 17.4 Å². The Bertz CT molecular complexity index is 1270. The number of nitrogens with two attached hydrogens (primary N) is 1. The summed E-state index contributed by atoms with van der Waals surface area (Å²) in [7, 11) is 0. The molecule has 0 bridgehead atoms. The zero-order valence-electron chi connectivity index (χ0n) is 20.4. The van der Waals surface area contributed by atoms with Crippen LogP contribution in [-0.4, -0.2) is 24.0 Å². The Morgan fingerprint density at radius 1 is 1.06 bits per heavy atom. The monoisotopic (exact) mass is 491 g/mol. The standard InChI is InChI=1S/C28H30ClN3O3/c1-5-35-20-14-15-24-22(16-20)28(30,21-8-6-7-9-23(21)29)26(34)32(24)17-18-10-12-19(13-11-18)25(33)31-27(2,3)4/h6-16H,5,17,30H2,1-4H3,(H,31,33). The van der Waals surface area contributed by atoms with Crippen molar-refractivity contribution in [2.75, 3.05) is 11.5 Å². The van der Waals surface area contributed by atoms with Crippen LogP contribution in [0.15, 0.2) is 66.7 Å². The number of rotatable bonds is 6. The highest BCUT2D eigenvalue weighted by molar-refractivity contribution is 6.32. The summed E-state index contributed by atoms with van der Waals surface area (Å²) in [5.41, 5.74) is 8.42. The summed E-state index contributed by atoms with van der Waals surface area (Å²) in [4.78, 5) is 28.0. The fraction of sp³-hybridized carbons (Fsp3) is 0.286. The van der Waals surface area contributed by atoms with Crippen molar-refractivity contribution in [3.05, 3.63) is 94.0 Å². The van der Waals surface area contributed by atoms with Gasteiger partial charge in [-0.3, -0.25) is 9.59 Å². The van der Waals surface area contributed by atoms with Gasteiger partial charge in [0, 0.05) is 27.3 Å². The number of anilines is 1. The lowest BCUT2D eigenvalue weighted by Gasteiger charge is -2.26. The van der Waals surface area contributed by atoms with Crippen LogP contribution in [0, 0.1) is 0 Å². The highest BCUT2D eigenvalue weighted by Crippen LogP contribution is 2.46. The molecule has 4 rings (SSSR count). The number of halogens is 1. The van der Waals surface area contributed by atoms with Crippen molar-refractivity contribution < 1.29 is 14.3 Å². The first-order valence-corrected chi connectivity index (χ1v) is 12.0. The number of carbonyl (C=O) groups is 2. The summed E-state index contributed by atoms with van der Waals surface area (Å²) < 4.78 is 5.69. The molecule has 3 aromatic rings. The van der Waals surface area contributed by atoms with Crippen LogP contribution >= 0.6 is 11.6 Å². The molecule has 182 valence electrons. The first kappa shape index (κ1) is 24.8. The van der Waals surface area contributed by atoms with Crippen molar-refractivity contribution in [2.45, 2.75) is 45.3 Å². The van der Waals surface area contributed by atoms with E-state index in [0.29, 0.717) is 46.3 Å². The molecule has 7 heteroatoms. The Labute approximate surface area is 211 Å². The smallest absolute Gasteiger partial charge is 0.256 e. The minimum atomic E-state index is -1.45. The number of hydrogen-bond donors (Lipinski definition) is 2. The summed E-state index contributed by atoms with van der Waals surface area (Å²) >= 11 is 6.51. The maximum absolute atomic E-state index is 13.9. The van der Waals surface area contributed by atoms with Crippen molar-refractivity contribution in [3.63, 3.8) is 0 Å². The van der Waals surface area contributed by atoms with Gasteiger partial charge in [-0.15, -0.1) is 0 Å². The van der Waals surface area contributed by atoms with E-state index in [1.807, 2.05) is 64.1 Å². The zero-order valence-corrected chi connectivity index (χ0v) is 21.1. The van der Waals surface area contributed by atoms with Crippen molar-refractivity contribution >= 4 is 29.1 Å². The van der Waals surface area contributed by atoms with Crippen LogP contribution in [0.5, 0.6) is 5.75 Å². The lowest BCUT2D eigenvalue weighted by Crippen LogP contribution is -2.48. The molecular formula is C28H30ClN3O3. The minimum absolute atomic E-state index is 0.144. The molecule has 6 nitrogen and oxygen atoms in total. The first-order chi connectivity index (χ1) is 16.5. The molecule has 0 saturated heterocycles. The number of hydrogen-bond acceptors (Lipinski definition) is 4. The molecule has 0 radical (unpaired) electrons. The fourth-order valence-electron chi connectivity index (χ4n) is 4.32. The number of amides is 2. The average molecular weight is 492 g/mol. The highest BCUT2D eigenvalue weighted by atomic mass is 35.5. The third-order valence-corrected chi connectivity index (χ3v) is 6.25. The van der Waals surface area contributed by atoms with Crippen molar-refractivity contribution in [1.82, 2.24) is 5.32 Å². The minimum Gasteiger partial charge on any atom is -0.494 e. The Morgan fingerprint density at radius 3 is 2.37 bits per heavy atom. The van der Waals surface area contributed by atoms with Gasteiger partial charge in [0.1, 0.15) is 5.75 Å². The number of nitrogens with one attached hydrogen (secondary N) is 1. The van der Waals surface area contributed by atoms with Crippen LogP contribution in [0.1, 0.15) is 54.7 Å². The molecule has 1 aliphatic heterocycles. The molecule has 2 amide bonds. The fourth-order valence-corrected chi connectivity index (χ4v) is 4.60. The van der Waals surface area contributed by atoms with Gasteiger partial charge in [0.05, 0.1) is 18.8 Å². The highest BCUT2D eigenvalue weighted by Gasteiger charge is 2.50. The van der Waals surface area contributed by atoms with Gasteiger partial charge in [0.15, 0.2) is 5.54 Å². The maximum Gasteiger partial charge on any atom is 0.256 e. The third-order valence-electron chi connectivity index (χ3n) is 5.92. The SMILES string of the molecule is CCOc1ccc2c(c1)C(N)(c1ccccc1Cl)C(=O)N2Cc1ccc(C(=O)NC(C)(C)C)cc1. The van der Waals surface area contributed by atoms with E-state index in [2.05, 4.69) is 5.32 Å². The molecule has 3 aromatic carbocycles. The molecule has 1 heterocycles. The van der Waals surface area contributed by atoms with E-state index < -0.39 is 5.54 Å². The van der Waals surface area contributed by atoms with E-state index in [1.54, 1.807) is 35.2 Å². The summed E-state index contributed by atoms with van der Waals surface area (Å²) in [5, 5.41) is 3.38. The quantitative estimate of drug-likeness (QED) is 0.507. The second-order valence-electron chi connectivity index (χ2n) is 9.69. The second-order valence-corrected chi connectivity index (χ2v) is 10.1. The van der Waals surface area contributed by atoms with Crippen LogP contribution in [0.2, 0.25) is 5.02 Å². The topological polar surface area (TPSA) is 84.7 Å². The van der Waals surface area contributed by atoms with Gasteiger partial charge in [0.25, 0.3) is 11.8 Å². The van der Waals surface area contributed by atoms with E-state index in [1.165, 1.54) is 0 Å². The van der Waals surface area contributed by atoms with Crippen molar-refractivity contribution in [1.29, 1.82) is 0 Å². The van der Waals surface area contributed by atoms with Gasteiger partial charge < -0.3 is 20.7 Å². The van der Waals surface area contributed by atoms with Gasteiger partial charge in [0.2, 0.25) is 0 Å². The van der Waals surface area contributed by atoms with Crippen LogP contribution in [-0.2, 0) is 16.9 Å². The normalized spacial score (nSPS) is 17.3. The Morgan fingerprint density at radius 2 is 1.74 bits per heavy atom. The molecule has 35 heavy (non-hydrogen) atoms. The molecule has 0 aliphatic carbocycles. The molecule has 1 atom stereocenters. The zero-order chi connectivity index (χ0) is 25.4. The number of nitrogens with zero attached hydrogens (tertiary/aromatic N) is 1. The molecule has 3 N–H and O–H groups in total. The van der Waals surface area contributed by atoms with Crippen LogP contribution in [0.4, 0.5) is 5.69 Å². The average Bonchev–Trinajstić information content (AvgIpc) is 3.01. The Kier molecular flexibility index (Phi) is 6.62. The maximum atomic E-state index is 13.9. The predicted octanol–water partition coefficient (Wildman–Crippen LogP) is 5.02. The molecule has 0 spiro atoms. The lowest BCUT2D eigenvalue weighted by atomic mass is 9.85. The predicted molar refractivity (Wildman–Crippen MR) is 139 cm³/mol. The molecular weight excluding hydrogens is 462 g/mol. The largest absolute Gasteiger partial charge is 0.494 e. The van der Waals surface area contributed by atoms with Gasteiger partial charge in [-0.1, -0.05) is 41.9 Å². The van der Waals surface area contributed by atoms with Crippen molar-refractivity contribution in [3.8, 4) is 5.75 Å². The summed E-state index contributed by atoms with van der Waals surface area (Å²) in [5.74, 6) is 0.218. The molecule has 0 fully saturated rings. The second kappa shape index (κ2) is 9.36. The van der Waals surface area contributed by atoms with Crippen LogP contribution in [0.3, 0.4) is 0 Å². The number of benzene rings is 3.